The molecule has 0 radical (unpaired) electrons. The second kappa shape index (κ2) is 9.13. The Morgan fingerprint density at radius 2 is 1.71 bits per heavy atom. The molecule has 0 spiro atoms. The van der Waals surface area contributed by atoms with Gasteiger partial charge in [0.25, 0.3) is 0 Å². The number of benzene rings is 1. The molecule has 0 aliphatic heterocycles. The van der Waals surface area contributed by atoms with E-state index in [9.17, 15) is 9.59 Å². The van der Waals surface area contributed by atoms with Crippen LogP contribution in [0.4, 0.5) is 5.69 Å². The lowest BCUT2D eigenvalue weighted by Crippen LogP contribution is -2.24. The van der Waals surface area contributed by atoms with Crippen LogP contribution in [0.25, 0.3) is 0 Å². The quantitative estimate of drug-likeness (QED) is 0.592. The maximum absolute atomic E-state index is 11.7. The van der Waals surface area contributed by atoms with Crippen LogP contribution in [0.1, 0.15) is 37.7 Å². The van der Waals surface area contributed by atoms with Gasteiger partial charge in [0.2, 0.25) is 11.8 Å². The van der Waals surface area contributed by atoms with E-state index in [0.29, 0.717) is 12.8 Å². The SMILES string of the molecule is CON(C)C(=O)CCCCCC(=O)Nc1ccc(C)cc1. The number of hydrogen-bond donors (Lipinski definition) is 1. The molecule has 1 aromatic carbocycles. The summed E-state index contributed by atoms with van der Waals surface area (Å²) in [4.78, 5) is 28.0. The minimum Gasteiger partial charge on any atom is -0.326 e. The highest BCUT2D eigenvalue weighted by molar-refractivity contribution is 5.90. The van der Waals surface area contributed by atoms with Gasteiger partial charge in [0.1, 0.15) is 0 Å². The summed E-state index contributed by atoms with van der Waals surface area (Å²) < 4.78 is 0. The zero-order valence-electron chi connectivity index (χ0n) is 13.0. The summed E-state index contributed by atoms with van der Waals surface area (Å²) in [7, 11) is 3.06. The number of nitrogens with one attached hydrogen (secondary N) is 1. The van der Waals surface area contributed by atoms with Crippen molar-refractivity contribution in [1.29, 1.82) is 0 Å². The monoisotopic (exact) mass is 292 g/mol. The van der Waals surface area contributed by atoms with Crippen LogP contribution < -0.4 is 5.32 Å². The summed E-state index contributed by atoms with van der Waals surface area (Å²) in [5.74, 6) is -0.0270. The van der Waals surface area contributed by atoms with E-state index < -0.39 is 0 Å². The summed E-state index contributed by atoms with van der Waals surface area (Å²) in [6.45, 7) is 2.01. The van der Waals surface area contributed by atoms with Crippen molar-refractivity contribution in [2.75, 3.05) is 19.5 Å². The van der Waals surface area contributed by atoms with Gasteiger partial charge in [0, 0.05) is 25.6 Å². The second-order valence-corrected chi connectivity index (χ2v) is 5.05. The van der Waals surface area contributed by atoms with Gasteiger partial charge >= 0.3 is 0 Å². The van der Waals surface area contributed by atoms with Crippen molar-refractivity contribution in [3.63, 3.8) is 0 Å². The molecule has 0 atom stereocenters. The number of carbonyl (C=O) groups excluding carboxylic acids is 2. The lowest BCUT2D eigenvalue weighted by molar-refractivity contribution is -0.168. The number of amides is 2. The third kappa shape index (κ3) is 6.90. The first-order valence-corrected chi connectivity index (χ1v) is 7.20. The topological polar surface area (TPSA) is 58.6 Å². The first-order valence-electron chi connectivity index (χ1n) is 7.20. The molecule has 1 rings (SSSR count). The molecule has 1 aromatic rings. The van der Waals surface area contributed by atoms with E-state index in [1.54, 1.807) is 7.05 Å². The Labute approximate surface area is 126 Å². The van der Waals surface area contributed by atoms with Crippen molar-refractivity contribution >= 4 is 17.5 Å². The van der Waals surface area contributed by atoms with Gasteiger partial charge in [0.15, 0.2) is 0 Å². The fraction of sp³-hybridized carbons (Fsp3) is 0.500. The summed E-state index contributed by atoms with van der Waals surface area (Å²) in [5.41, 5.74) is 1.99. The van der Waals surface area contributed by atoms with Crippen LogP contribution in [0.15, 0.2) is 24.3 Å². The molecule has 0 bridgehead atoms. The third-order valence-electron chi connectivity index (χ3n) is 3.25. The van der Waals surface area contributed by atoms with Gasteiger partial charge in [-0.2, -0.15) is 0 Å². The molecule has 0 saturated carbocycles. The predicted molar refractivity (Wildman–Crippen MR) is 82.7 cm³/mol. The number of anilines is 1. The molecule has 5 heteroatoms. The summed E-state index contributed by atoms with van der Waals surface area (Å²) >= 11 is 0. The van der Waals surface area contributed by atoms with E-state index in [4.69, 9.17) is 4.84 Å². The molecule has 0 fully saturated rings. The molecule has 0 aromatic heterocycles. The van der Waals surface area contributed by atoms with E-state index in [1.165, 1.54) is 17.7 Å². The van der Waals surface area contributed by atoms with Crippen molar-refractivity contribution in [3.05, 3.63) is 29.8 Å². The Kier molecular flexibility index (Phi) is 7.46. The highest BCUT2D eigenvalue weighted by Gasteiger charge is 2.07. The van der Waals surface area contributed by atoms with Crippen LogP contribution in [0.5, 0.6) is 0 Å². The molecule has 0 aliphatic carbocycles. The van der Waals surface area contributed by atoms with Gasteiger partial charge in [-0.15, -0.1) is 0 Å². The number of aryl methyl sites for hydroxylation is 1. The van der Waals surface area contributed by atoms with Crippen molar-refractivity contribution in [2.24, 2.45) is 0 Å². The van der Waals surface area contributed by atoms with Crippen molar-refractivity contribution in [1.82, 2.24) is 5.06 Å². The highest BCUT2D eigenvalue weighted by Crippen LogP contribution is 2.10. The van der Waals surface area contributed by atoms with Gasteiger partial charge in [-0.3, -0.25) is 14.4 Å². The van der Waals surface area contributed by atoms with Crippen molar-refractivity contribution in [3.8, 4) is 0 Å². The van der Waals surface area contributed by atoms with Gasteiger partial charge in [-0.1, -0.05) is 24.1 Å². The molecule has 0 aliphatic rings. The van der Waals surface area contributed by atoms with Gasteiger partial charge in [0.05, 0.1) is 7.11 Å². The number of nitrogens with zero attached hydrogens (tertiary/aromatic N) is 1. The summed E-state index contributed by atoms with van der Waals surface area (Å²) in [6, 6.07) is 7.72. The molecule has 2 amide bonds. The molecule has 116 valence electrons. The zero-order valence-corrected chi connectivity index (χ0v) is 13.0. The molecule has 0 saturated heterocycles. The lowest BCUT2D eigenvalue weighted by atomic mass is 10.1. The fourth-order valence-corrected chi connectivity index (χ4v) is 1.86. The van der Waals surface area contributed by atoms with Gasteiger partial charge < -0.3 is 5.32 Å². The average Bonchev–Trinajstić information content (AvgIpc) is 2.48. The van der Waals surface area contributed by atoms with E-state index in [0.717, 1.165) is 24.9 Å². The maximum atomic E-state index is 11.7. The summed E-state index contributed by atoms with van der Waals surface area (Å²) in [6.07, 6.45) is 3.32. The highest BCUT2D eigenvalue weighted by atomic mass is 16.7. The van der Waals surface area contributed by atoms with E-state index in [2.05, 4.69) is 5.32 Å². The zero-order chi connectivity index (χ0) is 15.7. The minimum absolute atomic E-state index is 0.0131. The molecule has 21 heavy (non-hydrogen) atoms. The largest absolute Gasteiger partial charge is 0.326 e. The molecule has 1 N–H and O–H groups in total. The van der Waals surface area contributed by atoms with Crippen LogP contribution >= 0.6 is 0 Å². The minimum atomic E-state index is -0.0402. The Morgan fingerprint density at radius 3 is 2.33 bits per heavy atom. The number of unbranched alkanes of at least 4 members (excludes halogenated alkanes) is 2. The number of rotatable bonds is 8. The number of carbonyl (C=O) groups is 2. The molecular formula is C16H24N2O3. The van der Waals surface area contributed by atoms with E-state index in [-0.39, 0.29) is 11.8 Å². The average molecular weight is 292 g/mol. The van der Waals surface area contributed by atoms with Crippen LogP contribution in [0, 0.1) is 6.92 Å². The van der Waals surface area contributed by atoms with Crippen molar-refractivity contribution in [2.45, 2.75) is 39.0 Å². The smallest absolute Gasteiger partial charge is 0.245 e. The Balaban J connectivity index is 2.14. The Morgan fingerprint density at radius 1 is 1.10 bits per heavy atom. The normalized spacial score (nSPS) is 10.2. The maximum Gasteiger partial charge on any atom is 0.245 e. The molecule has 0 heterocycles. The Bertz CT molecular complexity index is 457. The molecular weight excluding hydrogens is 268 g/mol. The predicted octanol–water partition coefficient (Wildman–Crippen LogP) is 2.90. The van der Waals surface area contributed by atoms with Crippen LogP contribution in [0.3, 0.4) is 0 Å². The molecule has 5 nitrogen and oxygen atoms in total. The third-order valence-corrected chi connectivity index (χ3v) is 3.25. The Hall–Kier alpha value is -1.88. The first-order chi connectivity index (χ1) is 10.0. The fourth-order valence-electron chi connectivity index (χ4n) is 1.86. The van der Waals surface area contributed by atoms with Gasteiger partial charge in [-0.25, -0.2) is 5.06 Å². The van der Waals surface area contributed by atoms with Crippen LogP contribution in [-0.2, 0) is 14.4 Å². The van der Waals surface area contributed by atoms with Crippen molar-refractivity contribution < 1.29 is 14.4 Å². The lowest BCUT2D eigenvalue weighted by Gasteiger charge is -2.13. The number of hydrogen-bond acceptors (Lipinski definition) is 3. The standard InChI is InChI=1S/C16H24N2O3/c1-13-9-11-14(12-10-13)17-15(19)7-5-4-6-8-16(20)18(2)21-3/h9-12H,4-8H2,1-3H3,(H,17,19). The second-order valence-electron chi connectivity index (χ2n) is 5.05. The van der Waals surface area contributed by atoms with Gasteiger partial charge in [-0.05, 0) is 31.9 Å². The number of hydroxylamine groups is 2. The van der Waals surface area contributed by atoms with Crippen LogP contribution in [-0.4, -0.2) is 31.0 Å². The summed E-state index contributed by atoms with van der Waals surface area (Å²) in [5, 5.41) is 4.09. The van der Waals surface area contributed by atoms with E-state index >= 15 is 0 Å². The van der Waals surface area contributed by atoms with Crippen LogP contribution in [0.2, 0.25) is 0 Å². The first kappa shape index (κ1) is 17.2. The van der Waals surface area contributed by atoms with E-state index in [1.807, 2.05) is 31.2 Å². The molecule has 0 unspecified atom stereocenters.